The summed E-state index contributed by atoms with van der Waals surface area (Å²) in [7, 11) is 0. The first-order chi connectivity index (χ1) is 9.72. The maximum atomic E-state index is 13.9. The lowest BCUT2D eigenvalue weighted by molar-refractivity contribution is 0.268. The topological polar surface area (TPSA) is 55.1 Å². The minimum atomic E-state index is -0.617. The molecule has 0 saturated heterocycles. The van der Waals surface area contributed by atoms with Gasteiger partial charge in [-0.3, -0.25) is 9.36 Å². The van der Waals surface area contributed by atoms with Crippen LogP contribution in [0.25, 0.3) is 16.6 Å². The fraction of sp³-hybridized carbons (Fsp3) is 0.0667. The molecule has 5 heteroatoms. The van der Waals surface area contributed by atoms with Gasteiger partial charge in [-0.15, -0.1) is 0 Å². The number of aromatic nitrogens is 2. The second-order valence-corrected chi connectivity index (χ2v) is 4.30. The Kier molecular flexibility index (Phi) is 3.04. The van der Waals surface area contributed by atoms with Crippen LogP contribution in [-0.2, 0) is 6.61 Å². The van der Waals surface area contributed by atoms with Crippen molar-refractivity contribution in [3.05, 3.63) is 70.5 Å². The Morgan fingerprint density at radius 3 is 2.55 bits per heavy atom. The van der Waals surface area contributed by atoms with E-state index in [0.717, 1.165) is 0 Å². The summed E-state index contributed by atoms with van der Waals surface area (Å²) in [5.74, 6) is -0.437. The monoisotopic (exact) mass is 270 g/mol. The molecule has 0 amide bonds. The molecule has 0 fully saturated rings. The summed E-state index contributed by atoms with van der Waals surface area (Å²) in [5, 5.41) is 9.34. The number of halogens is 1. The highest BCUT2D eigenvalue weighted by atomic mass is 19.1. The molecular weight excluding hydrogens is 259 g/mol. The highest BCUT2D eigenvalue weighted by Crippen LogP contribution is 2.15. The number of aliphatic hydroxyl groups is 1. The molecule has 3 rings (SSSR count). The summed E-state index contributed by atoms with van der Waals surface area (Å²) in [6, 6.07) is 13.0. The predicted octanol–water partition coefficient (Wildman–Crippen LogP) is 2.02. The summed E-state index contributed by atoms with van der Waals surface area (Å²) >= 11 is 0. The fourth-order valence-electron chi connectivity index (χ4n) is 2.19. The van der Waals surface area contributed by atoms with Crippen LogP contribution in [0.2, 0.25) is 0 Å². The van der Waals surface area contributed by atoms with Crippen molar-refractivity contribution in [1.29, 1.82) is 0 Å². The van der Waals surface area contributed by atoms with Crippen LogP contribution in [0.3, 0.4) is 0 Å². The van der Waals surface area contributed by atoms with Crippen LogP contribution in [0.4, 0.5) is 4.39 Å². The first-order valence-electron chi connectivity index (χ1n) is 6.09. The molecule has 0 aliphatic heterocycles. The van der Waals surface area contributed by atoms with Crippen LogP contribution in [0, 0.1) is 5.82 Å². The van der Waals surface area contributed by atoms with Gasteiger partial charge in [-0.25, -0.2) is 9.37 Å². The molecule has 0 bridgehead atoms. The third-order valence-corrected chi connectivity index (χ3v) is 3.07. The number of para-hydroxylation sites is 1. The molecule has 3 aromatic rings. The molecule has 1 aromatic heterocycles. The van der Waals surface area contributed by atoms with Crippen LogP contribution < -0.4 is 5.56 Å². The zero-order chi connectivity index (χ0) is 14.1. The van der Waals surface area contributed by atoms with Crippen molar-refractivity contribution >= 4 is 10.9 Å². The number of rotatable bonds is 2. The van der Waals surface area contributed by atoms with Gasteiger partial charge in [-0.2, -0.15) is 0 Å². The van der Waals surface area contributed by atoms with Gasteiger partial charge in [-0.1, -0.05) is 24.3 Å². The summed E-state index contributed by atoms with van der Waals surface area (Å²) in [6.45, 7) is -0.406. The van der Waals surface area contributed by atoms with E-state index in [4.69, 9.17) is 0 Å². The maximum absolute atomic E-state index is 13.9. The van der Waals surface area contributed by atoms with Crippen molar-refractivity contribution in [3.8, 4) is 5.69 Å². The number of hydrogen-bond donors (Lipinski definition) is 1. The summed E-state index contributed by atoms with van der Waals surface area (Å²) in [5.41, 5.74) is 0.258. The lowest BCUT2D eigenvalue weighted by Crippen LogP contribution is -2.24. The van der Waals surface area contributed by atoms with E-state index in [0.29, 0.717) is 5.69 Å². The molecule has 2 aromatic carbocycles. The molecule has 0 unspecified atom stereocenters. The smallest absolute Gasteiger partial charge is 0.269 e. The fourth-order valence-corrected chi connectivity index (χ4v) is 2.19. The van der Waals surface area contributed by atoms with E-state index in [9.17, 15) is 14.3 Å². The number of fused-ring (bicyclic) bond motifs is 1. The van der Waals surface area contributed by atoms with E-state index in [1.165, 1.54) is 16.7 Å². The van der Waals surface area contributed by atoms with Gasteiger partial charge < -0.3 is 5.11 Å². The van der Waals surface area contributed by atoms with Crippen LogP contribution in [0.5, 0.6) is 0 Å². The van der Waals surface area contributed by atoms with Crippen LogP contribution >= 0.6 is 0 Å². The summed E-state index contributed by atoms with van der Waals surface area (Å²) < 4.78 is 15.1. The summed E-state index contributed by atoms with van der Waals surface area (Å²) in [4.78, 5) is 16.7. The van der Waals surface area contributed by atoms with Crippen molar-refractivity contribution in [2.75, 3.05) is 0 Å². The van der Waals surface area contributed by atoms with E-state index in [-0.39, 0.29) is 16.7 Å². The Labute approximate surface area is 113 Å². The van der Waals surface area contributed by atoms with Gasteiger partial charge >= 0.3 is 0 Å². The minimum absolute atomic E-state index is 0.0754. The first-order valence-corrected chi connectivity index (χ1v) is 6.09. The quantitative estimate of drug-likeness (QED) is 0.775. The van der Waals surface area contributed by atoms with E-state index in [2.05, 4.69) is 4.98 Å². The highest BCUT2D eigenvalue weighted by molar-refractivity contribution is 5.78. The third kappa shape index (κ3) is 1.88. The van der Waals surface area contributed by atoms with E-state index in [1.54, 1.807) is 30.3 Å². The molecule has 0 aliphatic rings. The molecule has 100 valence electrons. The number of hydrogen-bond acceptors (Lipinski definition) is 3. The zero-order valence-corrected chi connectivity index (χ0v) is 10.5. The van der Waals surface area contributed by atoms with Gasteiger partial charge in [0.1, 0.15) is 23.6 Å². The van der Waals surface area contributed by atoms with Crippen LogP contribution in [-0.4, -0.2) is 14.7 Å². The Balaban J connectivity index is 2.45. The lowest BCUT2D eigenvalue weighted by atomic mass is 10.2. The number of aliphatic hydroxyl groups excluding tert-OH is 1. The van der Waals surface area contributed by atoms with Gasteiger partial charge in [0.05, 0.1) is 11.2 Å². The van der Waals surface area contributed by atoms with Crippen LogP contribution in [0.1, 0.15) is 5.82 Å². The van der Waals surface area contributed by atoms with Gasteiger partial charge in [0.15, 0.2) is 0 Å². The standard InChI is InChI=1S/C15H11FN2O2/c16-11-7-4-8-12-14(11)15(20)18(13(9-19)17-12)10-5-2-1-3-6-10/h1-8,19H,9H2. The Bertz CT molecular complexity index is 828. The molecule has 0 atom stereocenters. The lowest BCUT2D eigenvalue weighted by Gasteiger charge is -2.12. The molecule has 20 heavy (non-hydrogen) atoms. The van der Waals surface area contributed by atoms with Crippen LogP contribution in [0.15, 0.2) is 53.3 Å². The van der Waals surface area contributed by atoms with Crippen molar-refractivity contribution in [2.24, 2.45) is 0 Å². The van der Waals surface area contributed by atoms with Crippen molar-refractivity contribution < 1.29 is 9.50 Å². The zero-order valence-electron chi connectivity index (χ0n) is 10.5. The molecular formula is C15H11FN2O2. The molecule has 1 N–H and O–H groups in total. The second-order valence-electron chi connectivity index (χ2n) is 4.30. The molecule has 0 aliphatic carbocycles. The highest BCUT2D eigenvalue weighted by Gasteiger charge is 2.14. The van der Waals surface area contributed by atoms with Gasteiger partial charge in [0, 0.05) is 0 Å². The van der Waals surface area contributed by atoms with E-state index < -0.39 is 18.0 Å². The number of benzene rings is 2. The van der Waals surface area contributed by atoms with Gasteiger partial charge in [-0.05, 0) is 24.3 Å². The normalized spacial score (nSPS) is 10.9. The van der Waals surface area contributed by atoms with Crippen molar-refractivity contribution in [3.63, 3.8) is 0 Å². The largest absolute Gasteiger partial charge is 0.388 e. The maximum Gasteiger partial charge on any atom is 0.269 e. The molecule has 0 radical (unpaired) electrons. The van der Waals surface area contributed by atoms with E-state index >= 15 is 0 Å². The average molecular weight is 270 g/mol. The average Bonchev–Trinajstić information content (AvgIpc) is 2.47. The molecule has 4 nitrogen and oxygen atoms in total. The SMILES string of the molecule is O=c1c2c(F)cccc2nc(CO)n1-c1ccccc1. The molecule has 1 heterocycles. The Morgan fingerprint density at radius 2 is 1.85 bits per heavy atom. The van der Waals surface area contributed by atoms with Crippen molar-refractivity contribution in [1.82, 2.24) is 9.55 Å². The van der Waals surface area contributed by atoms with E-state index in [1.807, 2.05) is 6.07 Å². The first kappa shape index (κ1) is 12.5. The minimum Gasteiger partial charge on any atom is -0.388 e. The Hall–Kier alpha value is -2.53. The predicted molar refractivity (Wildman–Crippen MR) is 73.2 cm³/mol. The van der Waals surface area contributed by atoms with Gasteiger partial charge in [0.25, 0.3) is 5.56 Å². The second kappa shape index (κ2) is 4.86. The summed E-state index contributed by atoms with van der Waals surface area (Å²) in [6.07, 6.45) is 0. The molecule has 0 spiro atoms. The number of nitrogens with zero attached hydrogens (tertiary/aromatic N) is 2. The molecule has 0 saturated carbocycles. The Morgan fingerprint density at radius 1 is 1.10 bits per heavy atom. The van der Waals surface area contributed by atoms with Gasteiger partial charge in [0.2, 0.25) is 0 Å². The third-order valence-electron chi connectivity index (χ3n) is 3.07. The van der Waals surface area contributed by atoms with Crippen molar-refractivity contribution in [2.45, 2.75) is 6.61 Å².